The number of aromatic hydroxyl groups is 1. The molecule has 0 saturated carbocycles. The minimum absolute atomic E-state index is 0.137. The van der Waals surface area contributed by atoms with Crippen molar-refractivity contribution in [3.63, 3.8) is 0 Å². The monoisotopic (exact) mass is 184 g/mol. The molecule has 1 N–H and O–H groups in total. The van der Waals surface area contributed by atoms with Crippen LogP contribution in [0.2, 0.25) is 0 Å². The van der Waals surface area contributed by atoms with Gasteiger partial charge in [0.2, 0.25) is 0 Å². The molecule has 68 valence electrons. The van der Waals surface area contributed by atoms with Gasteiger partial charge in [-0.3, -0.25) is 4.98 Å². The molecule has 0 radical (unpaired) electrons. The highest BCUT2D eigenvalue weighted by Crippen LogP contribution is 2.23. The van der Waals surface area contributed by atoms with Crippen molar-refractivity contribution >= 4 is 10.9 Å². The van der Waals surface area contributed by atoms with Crippen LogP contribution >= 0.6 is 0 Å². The summed E-state index contributed by atoms with van der Waals surface area (Å²) >= 11 is 0. The number of hydrogen-bond acceptors (Lipinski definition) is 3. The fourth-order valence-corrected chi connectivity index (χ4v) is 1.38. The molecule has 0 spiro atoms. The van der Waals surface area contributed by atoms with Gasteiger partial charge in [0.15, 0.2) is 0 Å². The first kappa shape index (κ1) is 8.52. The fourth-order valence-electron chi connectivity index (χ4n) is 1.38. The molecule has 1 aromatic heterocycles. The molecule has 1 aromatic carbocycles. The minimum atomic E-state index is 0.137. The van der Waals surface area contributed by atoms with E-state index in [1.807, 2.05) is 18.2 Å². The van der Waals surface area contributed by atoms with E-state index in [0.717, 1.165) is 10.9 Å². The highest BCUT2D eigenvalue weighted by atomic mass is 16.3. The summed E-state index contributed by atoms with van der Waals surface area (Å²) in [5.41, 5.74) is 1.39. The Hall–Kier alpha value is -2.08. The number of nitriles is 1. The lowest BCUT2D eigenvalue weighted by Gasteiger charge is -2.02. The van der Waals surface area contributed by atoms with Crippen molar-refractivity contribution in [1.29, 1.82) is 5.26 Å². The number of rotatable bonds is 1. The smallest absolute Gasteiger partial charge is 0.122 e. The standard InChI is InChI=1S/C11H8N2O/c12-4-3-9-6-8-2-1-5-13-10(8)7-11(9)14/h1-2,5-7,14H,3H2. The molecule has 2 aromatic rings. The predicted octanol–water partition coefficient (Wildman–Crippen LogP) is 2.01. The number of nitrogens with zero attached hydrogens (tertiary/aromatic N) is 2. The molecule has 0 amide bonds. The Bertz CT molecular complexity index is 514. The van der Waals surface area contributed by atoms with Crippen molar-refractivity contribution in [2.45, 2.75) is 6.42 Å². The quantitative estimate of drug-likeness (QED) is 0.737. The second-order valence-electron chi connectivity index (χ2n) is 3.01. The lowest BCUT2D eigenvalue weighted by atomic mass is 10.1. The Kier molecular flexibility index (Phi) is 2.04. The number of benzene rings is 1. The summed E-state index contributed by atoms with van der Waals surface area (Å²) in [5.74, 6) is 0.137. The Morgan fingerprint density at radius 3 is 3.07 bits per heavy atom. The van der Waals surface area contributed by atoms with Crippen molar-refractivity contribution < 1.29 is 5.11 Å². The zero-order valence-electron chi connectivity index (χ0n) is 7.44. The summed E-state index contributed by atoms with van der Waals surface area (Å²) in [4.78, 5) is 4.10. The van der Waals surface area contributed by atoms with E-state index in [0.29, 0.717) is 5.56 Å². The van der Waals surface area contributed by atoms with Crippen LogP contribution in [0.25, 0.3) is 10.9 Å². The highest BCUT2D eigenvalue weighted by molar-refractivity contribution is 5.81. The molecule has 0 aliphatic rings. The third-order valence-electron chi connectivity index (χ3n) is 2.07. The van der Waals surface area contributed by atoms with Crippen LogP contribution < -0.4 is 0 Å². The maximum absolute atomic E-state index is 9.55. The topological polar surface area (TPSA) is 56.9 Å². The van der Waals surface area contributed by atoms with Gasteiger partial charge in [0, 0.05) is 23.2 Å². The third-order valence-corrected chi connectivity index (χ3v) is 2.07. The van der Waals surface area contributed by atoms with Gasteiger partial charge in [0.1, 0.15) is 5.75 Å². The number of aromatic nitrogens is 1. The van der Waals surface area contributed by atoms with Crippen molar-refractivity contribution in [3.8, 4) is 11.8 Å². The maximum atomic E-state index is 9.55. The van der Waals surface area contributed by atoms with E-state index in [1.54, 1.807) is 18.3 Å². The number of fused-ring (bicyclic) bond motifs is 1. The van der Waals surface area contributed by atoms with Crippen LogP contribution in [0.1, 0.15) is 5.56 Å². The molecule has 0 aliphatic carbocycles. The Labute approximate surface area is 81.2 Å². The van der Waals surface area contributed by atoms with Gasteiger partial charge in [0.05, 0.1) is 18.0 Å². The fraction of sp³-hybridized carbons (Fsp3) is 0.0909. The molecule has 0 aliphatic heterocycles. The number of phenols is 1. The Balaban J connectivity index is 2.66. The minimum Gasteiger partial charge on any atom is -0.508 e. The summed E-state index contributed by atoms with van der Waals surface area (Å²) in [6.07, 6.45) is 1.89. The average Bonchev–Trinajstić information content (AvgIpc) is 2.19. The zero-order chi connectivity index (χ0) is 9.97. The summed E-state index contributed by atoms with van der Waals surface area (Å²) in [6, 6.07) is 9.12. The number of pyridine rings is 1. The van der Waals surface area contributed by atoms with Gasteiger partial charge in [-0.25, -0.2) is 0 Å². The Morgan fingerprint density at radius 2 is 2.29 bits per heavy atom. The molecule has 0 atom stereocenters. The second kappa shape index (κ2) is 3.35. The average molecular weight is 184 g/mol. The molecular formula is C11H8N2O. The van der Waals surface area contributed by atoms with Gasteiger partial charge in [-0.15, -0.1) is 0 Å². The van der Waals surface area contributed by atoms with E-state index in [4.69, 9.17) is 5.26 Å². The summed E-state index contributed by atoms with van der Waals surface area (Å²) in [5, 5.41) is 19.0. The molecule has 0 bridgehead atoms. The number of phenolic OH excluding ortho intramolecular Hbond substituents is 1. The molecule has 1 heterocycles. The van der Waals surface area contributed by atoms with Crippen LogP contribution in [0.5, 0.6) is 5.75 Å². The lowest BCUT2D eigenvalue weighted by molar-refractivity contribution is 0.470. The van der Waals surface area contributed by atoms with Crippen LogP contribution in [-0.2, 0) is 6.42 Å². The maximum Gasteiger partial charge on any atom is 0.122 e. The van der Waals surface area contributed by atoms with Crippen molar-refractivity contribution in [2.75, 3.05) is 0 Å². The summed E-state index contributed by atoms with van der Waals surface area (Å²) in [7, 11) is 0. The molecule has 3 heteroatoms. The van der Waals surface area contributed by atoms with E-state index in [2.05, 4.69) is 4.98 Å². The highest BCUT2D eigenvalue weighted by Gasteiger charge is 2.03. The van der Waals surface area contributed by atoms with Crippen molar-refractivity contribution in [1.82, 2.24) is 4.98 Å². The first-order chi connectivity index (χ1) is 6.81. The first-order valence-electron chi connectivity index (χ1n) is 4.25. The number of hydrogen-bond donors (Lipinski definition) is 1. The molecule has 0 saturated heterocycles. The van der Waals surface area contributed by atoms with Crippen molar-refractivity contribution in [3.05, 3.63) is 36.0 Å². The van der Waals surface area contributed by atoms with Gasteiger partial charge >= 0.3 is 0 Å². The largest absolute Gasteiger partial charge is 0.508 e. The third kappa shape index (κ3) is 1.38. The molecule has 0 unspecified atom stereocenters. The van der Waals surface area contributed by atoms with Gasteiger partial charge in [-0.2, -0.15) is 5.26 Å². The normalized spacial score (nSPS) is 9.93. The zero-order valence-corrected chi connectivity index (χ0v) is 7.44. The molecule has 0 fully saturated rings. The van der Waals surface area contributed by atoms with E-state index in [-0.39, 0.29) is 12.2 Å². The van der Waals surface area contributed by atoms with Crippen LogP contribution in [0.15, 0.2) is 30.5 Å². The first-order valence-corrected chi connectivity index (χ1v) is 4.25. The van der Waals surface area contributed by atoms with Gasteiger partial charge in [-0.05, 0) is 12.1 Å². The second-order valence-corrected chi connectivity index (χ2v) is 3.01. The molecule has 14 heavy (non-hydrogen) atoms. The van der Waals surface area contributed by atoms with Gasteiger partial charge < -0.3 is 5.11 Å². The summed E-state index contributed by atoms with van der Waals surface area (Å²) in [6.45, 7) is 0. The van der Waals surface area contributed by atoms with E-state index in [1.165, 1.54) is 0 Å². The van der Waals surface area contributed by atoms with E-state index in [9.17, 15) is 5.11 Å². The molecule has 2 rings (SSSR count). The van der Waals surface area contributed by atoms with Crippen LogP contribution in [-0.4, -0.2) is 10.1 Å². The predicted molar refractivity (Wildman–Crippen MR) is 52.7 cm³/mol. The van der Waals surface area contributed by atoms with Crippen molar-refractivity contribution in [2.24, 2.45) is 0 Å². The van der Waals surface area contributed by atoms with E-state index >= 15 is 0 Å². The Morgan fingerprint density at radius 1 is 1.43 bits per heavy atom. The lowest BCUT2D eigenvalue weighted by Crippen LogP contribution is -1.85. The molecule has 3 nitrogen and oxygen atoms in total. The van der Waals surface area contributed by atoms with Crippen LogP contribution in [0, 0.1) is 11.3 Å². The SMILES string of the molecule is N#CCc1cc2cccnc2cc1O. The van der Waals surface area contributed by atoms with E-state index < -0.39 is 0 Å². The molecular weight excluding hydrogens is 176 g/mol. The van der Waals surface area contributed by atoms with Crippen LogP contribution in [0.4, 0.5) is 0 Å². The summed E-state index contributed by atoms with van der Waals surface area (Å²) < 4.78 is 0. The van der Waals surface area contributed by atoms with Gasteiger partial charge in [0.25, 0.3) is 0 Å². The van der Waals surface area contributed by atoms with Gasteiger partial charge in [-0.1, -0.05) is 6.07 Å². The van der Waals surface area contributed by atoms with Crippen LogP contribution in [0.3, 0.4) is 0 Å².